The largest absolute Gasteiger partial charge is 0.330 e. The molecule has 3 nitrogen and oxygen atoms in total. The molecular weight excluding hydrogens is 198 g/mol. The molecule has 0 atom stereocenters. The molecule has 1 aromatic rings. The lowest BCUT2D eigenvalue weighted by Crippen LogP contribution is -2.04. The number of aromatic amines is 1. The van der Waals surface area contributed by atoms with Gasteiger partial charge >= 0.3 is 0 Å². The van der Waals surface area contributed by atoms with E-state index >= 15 is 0 Å². The van der Waals surface area contributed by atoms with Crippen molar-refractivity contribution in [3.8, 4) is 0 Å². The topological polar surface area (TPSA) is 54.7 Å². The highest BCUT2D eigenvalue weighted by Crippen LogP contribution is 2.32. The van der Waals surface area contributed by atoms with Gasteiger partial charge in [0.15, 0.2) is 0 Å². The van der Waals surface area contributed by atoms with Crippen LogP contribution in [0.25, 0.3) is 0 Å². The van der Waals surface area contributed by atoms with Gasteiger partial charge in [0, 0.05) is 5.69 Å². The minimum Gasteiger partial charge on any atom is -0.330 e. The van der Waals surface area contributed by atoms with Crippen molar-refractivity contribution in [1.82, 2.24) is 10.2 Å². The van der Waals surface area contributed by atoms with E-state index in [1.54, 1.807) is 0 Å². The molecule has 3 heteroatoms. The van der Waals surface area contributed by atoms with Crippen LogP contribution in [0.3, 0.4) is 0 Å². The molecule has 16 heavy (non-hydrogen) atoms. The van der Waals surface area contributed by atoms with Crippen molar-refractivity contribution in [3.05, 3.63) is 17.5 Å². The summed E-state index contributed by atoms with van der Waals surface area (Å²) in [6.45, 7) is 0.767. The average Bonchev–Trinajstić information content (AvgIpc) is 2.60. The number of nitrogens with zero attached hydrogens (tertiary/aromatic N) is 1. The predicted octanol–water partition coefficient (Wildman–Crippen LogP) is 2.74. The van der Waals surface area contributed by atoms with Gasteiger partial charge in [0.25, 0.3) is 0 Å². The van der Waals surface area contributed by atoms with Crippen LogP contribution in [0.15, 0.2) is 6.20 Å². The Morgan fingerprint density at radius 1 is 1.25 bits per heavy atom. The highest BCUT2D eigenvalue weighted by Gasteiger charge is 2.18. The molecule has 1 aromatic heterocycles. The van der Waals surface area contributed by atoms with E-state index in [-0.39, 0.29) is 0 Å². The molecule has 0 radical (unpaired) electrons. The first kappa shape index (κ1) is 11.6. The van der Waals surface area contributed by atoms with Crippen LogP contribution in [-0.4, -0.2) is 16.7 Å². The second kappa shape index (κ2) is 6.04. The van der Waals surface area contributed by atoms with Gasteiger partial charge in [-0.1, -0.05) is 25.7 Å². The zero-order valence-corrected chi connectivity index (χ0v) is 10.0. The summed E-state index contributed by atoms with van der Waals surface area (Å²) < 4.78 is 0. The monoisotopic (exact) mass is 221 g/mol. The van der Waals surface area contributed by atoms with Crippen LogP contribution in [0.1, 0.15) is 62.1 Å². The second-order valence-electron chi connectivity index (χ2n) is 4.88. The number of nitrogens with two attached hydrogens (primary N) is 1. The first-order valence-electron chi connectivity index (χ1n) is 6.64. The van der Waals surface area contributed by atoms with E-state index < -0.39 is 0 Å². The van der Waals surface area contributed by atoms with Crippen LogP contribution >= 0.6 is 0 Å². The fourth-order valence-corrected chi connectivity index (χ4v) is 2.74. The van der Waals surface area contributed by atoms with Crippen molar-refractivity contribution in [2.75, 3.05) is 6.54 Å². The molecule has 1 fully saturated rings. The van der Waals surface area contributed by atoms with Crippen LogP contribution in [-0.2, 0) is 6.42 Å². The molecule has 0 saturated heterocycles. The Morgan fingerprint density at radius 3 is 2.69 bits per heavy atom. The third-order valence-electron chi connectivity index (χ3n) is 3.68. The summed E-state index contributed by atoms with van der Waals surface area (Å²) in [5, 5.41) is 7.37. The van der Waals surface area contributed by atoms with Gasteiger partial charge in [-0.3, -0.25) is 5.10 Å². The standard InChI is InChI=1S/C13H23N3/c14-9-5-8-13-12(10-15-16-13)11-6-3-1-2-4-7-11/h10-11H,1-9,14H2,(H,15,16). The van der Waals surface area contributed by atoms with Crippen molar-refractivity contribution in [2.45, 2.75) is 57.3 Å². The maximum atomic E-state index is 5.56. The number of rotatable bonds is 4. The molecular formula is C13H23N3. The minimum absolute atomic E-state index is 0.744. The first-order chi connectivity index (χ1) is 7.92. The Hall–Kier alpha value is -0.830. The van der Waals surface area contributed by atoms with Gasteiger partial charge in [-0.25, -0.2) is 0 Å². The van der Waals surface area contributed by atoms with Gasteiger partial charge < -0.3 is 5.73 Å². The lowest BCUT2D eigenvalue weighted by molar-refractivity contribution is 0.585. The molecule has 1 aliphatic rings. The number of hydrogen-bond donors (Lipinski definition) is 2. The van der Waals surface area contributed by atoms with Crippen molar-refractivity contribution in [2.24, 2.45) is 5.73 Å². The van der Waals surface area contributed by atoms with E-state index in [1.165, 1.54) is 49.8 Å². The summed E-state index contributed by atoms with van der Waals surface area (Å²) in [4.78, 5) is 0. The molecule has 0 amide bonds. The zero-order chi connectivity index (χ0) is 11.2. The Balaban J connectivity index is 2.03. The molecule has 0 unspecified atom stereocenters. The van der Waals surface area contributed by atoms with E-state index in [4.69, 9.17) is 5.73 Å². The minimum atomic E-state index is 0.744. The highest BCUT2D eigenvalue weighted by molar-refractivity contribution is 5.21. The highest BCUT2D eigenvalue weighted by atomic mass is 15.1. The first-order valence-corrected chi connectivity index (χ1v) is 6.64. The van der Waals surface area contributed by atoms with Gasteiger partial charge in [0.2, 0.25) is 0 Å². The van der Waals surface area contributed by atoms with Crippen LogP contribution in [0.4, 0.5) is 0 Å². The van der Waals surface area contributed by atoms with Crippen LogP contribution in [0.2, 0.25) is 0 Å². The number of aromatic nitrogens is 2. The molecule has 1 heterocycles. The van der Waals surface area contributed by atoms with Crippen molar-refractivity contribution in [3.63, 3.8) is 0 Å². The van der Waals surface area contributed by atoms with Crippen LogP contribution in [0.5, 0.6) is 0 Å². The Kier molecular flexibility index (Phi) is 4.40. The molecule has 0 aromatic carbocycles. The number of H-pyrrole nitrogens is 1. The van der Waals surface area contributed by atoms with Gasteiger partial charge in [0.05, 0.1) is 6.20 Å². The smallest absolute Gasteiger partial charge is 0.0524 e. The van der Waals surface area contributed by atoms with E-state index in [0.717, 1.165) is 25.3 Å². The van der Waals surface area contributed by atoms with Gasteiger partial charge in [-0.05, 0) is 43.7 Å². The fourth-order valence-electron chi connectivity index (χ4n) is 2.74. The van der Waals surface area contributed by atoms with Gasteiger partial charge in [-0.2, -0.15) is 5.10 Å². The molecule has 1 aliphatic carbocycles. The van der Waals surface area contributed by atoms with Crippen molar-refractivity contribution in [1.29, 1.82) is 0 Å². The zero-order valence-electron chi connectivity index (χ0n) is 10.0. The lowest BCUT2D eigenvalue weighted by Gasteiger charge is -2.14. The predicted molar refractivity (Wildman–Crippen MR) is 66.4 cm³/mol. The van der Waals surface area contributed by atoms with E-state index in [0.29, 0.717) is 0 Å². The van der Waals surface area contributed by atoms with Crippen molar-refractivity contribution >= 4 is 0 Å². The molecule has 0 bridgehead atoms. The van der Waals surface area contributed by atoms with E-state index in [9.17, 15) is 0 Å². The summed E-state index contributed by atoms with van der Waals surface area (Å²) >= 11 is 0. The molecule has 3 N–H and O–H groups in total. The van der Waals surface area contributed by atoms with E-state index in [1.807, 2.05) is 6.20 Å². The molecule has 0 spiro atoms. The molecule has 2 rings (SSSR count). The fraction of sp³-hybridized carbons (Fsp3) is 0.769. The third-order valence-corrected chi connectivity index (χ3v) is 3.68. The van der Waals surface area contributed by atoms with Gasteiger partial charge in [-0.15, -0.1) is 0 Å². The van der Waals surface area contributed by atoms with Crippen LogP contribution < -0.4 is 5.73 Å². The number of nitrogens with one attached hydrogen (secondary N) is 1. The molecule has 90 valence electrons. The van der Waals surface area contributed by atoms with Crippen molar-refractivity contribution < 1.29 is 0 Å². The summed E-state index contributed by atoms with van der Waals surface area (Å²) in [5.74, 6) is 0.744. The molecule has 0 aliphatic heterocycles. The maximum Gasteiger partial charge on any atom is 0.0524 e. The third kappa shape index (κ3) is 2.85. The van der Waals surface area contributed by atoms with E-state index in [2.05, 4.69) is 10.2 Å². The number of aryl methyl sites for hydroxylation is 1. The molecule has 1 saturated carbocycles. The SMILES string of the molecule is NCCCc1[nH]ncc1C1CCCCCC1. The van der Waals surface area contributed by atoms with Gasteiger partial charge in [0.1, 0.15) is 0 Å². The Morgan fingerprint density at radius 2 is 2.00 bits per heavy atom. The summed E-state index contributed by atoms with van der Waals surface area (Å²) in [5.41, 5.74) is 8.36. The summed E-state index contributed by atoms with van der Waals surface area (Å²) in [6, 6.07) is 0. The lowest BCUT2D eigenvalue weighted by atomic mass is 9.91. The van der Waals surface area contributed by atoms with Crippen LogP contribution in [0, 0.1) is 0 Å². The summed E-state index contributed by atoms with van der Waals surface area (Å²) in [7, 11) is 0. The summed E-state index contributed by atoms with van der Waals surface area (Å²) in [6.07, 6.45) is 12.4. The Labute approximate surface area is 97.8 Å². The maximum absolute atomic E-state index is 5.56. The number of hydrogen-bond acceptors (Lipinski definition) is 2. The Bertz CT molecular complexity index is 298. The normalized spacial score (nSPS) is 18.6. The quantitative estimate of drug-likeness (QED) is 0.768. The second-order valence-corrected chi connectivity index (χ2v) is 4.88. The average molecular weight is 221 g/mol.